The molecule has 1 saturated carbocycles. The Labute approximate surface area is 107 Å². The summed E-state index contributed by atoms with van der Waals surface area (Å²) in [6.45, 7) is 9.66. The molecule has 0 aliphatic heterocycles. The monoisotopic (exact) mass is 242 g/mol. The van der Waals surface area contributed by atoms with Crippen molar-refractivity contribution in [3.05, 3.63) is 0 Å². The Balaban J connectivity index is 2.30. The highest BCUT2D eigenvalue weighted by Gasteiger charge is 2.50. The molecule has 0 aromatic rings. The topological polar surface area (TPSA) is 29.5 Å². The second-order valence-electron chi connectivity index (χ2n) is 5.85. The Morgan fingerprint density at radius 3 is 2.53 bits per heavy atom. The van der Waals surface area contributed by atoms with E-state index in [0.717, 1.165) is 19.4 Å². The van der Waals surface area contributed by atoms with Crippen molar-refractivity contribution in [2.24, 2.45) is 11.3 Å². The third kappa shape index (κ3) is 3.45. The highest BCUT2D eigenvalue weighted by Crippen LogP contribution is 2.46. The second-order valence-corrected chi connectivity index (χ2v) is 5.85. The summed E-state index contributed by atoms with van der Waals surface area (Å²) in [5.74, 6) is 0.703. The fraction of sp³-hybridized carbons (Fsp3) is 1.00. The van der Waals surface area contributed by atoms with Gasteiger partial charge in [-0.3, -0.25) is 0 Å². The minimum Gasteiger partial charge on any atom is -0.392 e. The molecule has 0 aromatic carbocycles. The van der Waals surface area contributed by atoms with Crippen molar-refractivity contribution in [2.75, 3.05) is 6.61 Å². The van der Waals surface area contributed by atoms with E-state index in [1.54, 1.807) is 0 Å². The van der Waals surface area contributed by atoms with Gasteiger partial charge in [-0.2, -0.15) is 0 Å². The Morgan fingerprint density at radius 1 is 1.35 bits per heavy atom. The van der Waals surface area contributed by atoms with E-state index in [4.69, 9.17) is 4.74 Å². The van der Waals surface area contributed by atoms with Crippen molar-refractivity contribution in [1.82, 2.24) is 0 Å². The standard InChI is InChI=1S/C15H30O2/c1-5-8-9-12(6-2)11-17-14-10-13(16)15(14,4)7-3/h12-14,16H,5-11H2,1-4H3. The quantitative estimate of drug-likeness (QED) is 0.702. The van der Waals surface area contributed by atoms with Gasteiger partial charge in [0.05, 0.1) is 12.2 Å². The molecule has 102 valence electrons. The van der Waals surface area contributed by atoms with Crippen molar-refractivity contribution < 1.29 is 9.84 Å². The highest BCUT2D eigenvalue weighted by molar-refractivity contribution is 5.00. The average Bonchev–Trinajstić information content (AvgIpc) is 2.36. The van der Waals surface area contributed by atoms with Crippen LogP contribution < -0.4 is 0 Å². The number of hydrogen-bond acceptors (Lipinski definition) is 2. The molecule has 0 heterocycles. The number of aliphatic hydroxyl groups excluding tert-OH is 1. The van der Waals surface area contributed by atoms with E-state index in [1.807, 2.05) is 0 Å². The Bertz CT molecular complexity index is 217. The molecule has 4 unspecified atom stereocenters. The molecule has 1 fully saturated rings. The van der Waals surface area contributed by atoms with Gasteiger partial charge in [0.25, 0.3) is 0 Å². The predicted molar refractivity (Wildman–Crippen MR) is 72.1 cm³/mol. The molecule has 1 N–H and O–H groups in total. The lowest BCUT2D eigenvalue weighted by Crippen LogP contribution is -2.56. The van der Waals surface area contributed by atoms with Crippen LogP contribution in [0, 0.1) is 11.3 Å². The third-order valence-electron chi connectivity index (χ3n) is 4.77. The molecular weight excluding hydrogens is 212 g/mol. The number of rotatable bonds is 8. The molecule has 1 aliphatic rings. The molecule has 2 heteroatoms. The molecule has 4 atom stereocenters. The Morgan fingerprint density at radius 2 is 2.06 bits per heavy atom. The first-order valence-corrected chi connectivity index (χ1v) is 7.38. The Hall–Kier alpha value is -0.0800. The zero-order chi connectivity index (χ0) is 12.9. The summed E-state index contributed by atoms with van der Waals surface area (Å²) in [5.41, 5.74) is 0.00302. The highest BCUT2D eigenvalue weighted by atomic mass is 16.5. The van der Waals surface area contributed by atoms with Crippen molar-refractivity contribution in [2.45, 2.75) is 78.4 Å². The molecule has 0 aromatic heterocycles. The molecule has 2 nitrogen and oxygen atoms in total. The van der Waals surface area contributed by atoms with Gasteiger partial charge in [-0.05, 0) is 18.8 Å². The average molecular weight is 242 g/mol. The zero-order valence-corrected chi connectivity index (χ0v) is 12.0. The first kappa shape index (κ1) is 15.0. The van der Waals surface area contributed by atoms with Crippen molar-refractivity contribution in [3.8, 4) is 0 Å². The molecule has 0 amide bonds. The fourth-order valence-electron chi connectivity index (χ4n) is 2.67. The van der Waals surface area contributed by atoms with Crippen LogP contribution in [-0.4, -0.2) is 23.9 Å². The van der Waals surface area contributed by atoms with Crippen LogP contribution in [0.1, 0.15) is 66.2 Å². The Kier molecular flexibility index (Phi) is 5.94. The van der Waals surface area contributed by atoms with Crippen LogP contribution in [-0.2, 0) is 4.74 Å². The minimum atomic E-state index is -0.159. The number of unbranched alkanes of at least 4 members (excludes halogenated alkanes) is 1. The van der Waals surface area contributed by atoms with Crippen LogP contribution >= 0.6 is 0 Å². The van der Waals surface area contributed by atoms with Crippen LogP contribution in [0.3, 0.4) is 0 Å². The summed E-state index contributed by atoms with van der Waals surface area (Å²) in [6, 6.07) is 0. The van der Waals surface area contributed by atoms with E-state index in [1.165, 1.54) is 25.7 Å². The lowest BCUT2D eigenvalue weighted by atomic mass is 9.63. The summed E-state index contributed by atoms with van der Waals surface area (Å²) < 4.78 is 6.04. The fourth-order valence-corrected chi connectivity index (χ4v) is 2.67. The second kappa shape index (κ2) is 6.75. The van der Waals surface area contributed by atoms with Gasteiger partial charge in [-0.1, -0.05) is 47.0 Å². The van der Waals surface area contributed by atoms with Gasteiger partial charge >= 0.3 is 0 Å². The summed E-state index contributed by atoms with van der Waals surface area (Å²) in [7, 11) is 0. The molecule has 0 spiro atoms. The van der Waals surface area contributed by atoms with Crippen LogP contribution in [0.4, 0.5) is 0 Å². The van der Waals surface area contributed by atoms with Gasteiger partial charge in [0.1, 0.15) is 0 Å². The lowest BCUT2D eigenvalue weighted by Gasteiger charge is -2.51. The molecule has 0 saturated heterocycles. The molecule has 0 bridgehead atoms. The first-order chi connectivity index (χ1) is 8.08. The summed E-state index contributed by atoms with van der Waals surface area (Å²) in [5, 5.41) is 9.82. The van der Waals surface area contributed by atoms with Gasteiger partial charge in [0.2, 0.25) is 0 Å². The summed E-state index contributed by atoms with van der Waals surface area (Å²) >= 11 is 0. The molecule has 17 heavy (non-hydrogen) atoms. The third-order valence-corrected chi connectivity index (χ3v) is 4.77. The van der Waals surface area contributed by atoms with Gasteiger partial charge in [-0.25, -0.2) is 0 Å². The first-order valence-electron chi connectivity index (χ1n) is 7.38. The van der Waals surface area contributed by atoms with E-state index in [9.17, 15) is 5.11 Å². The van der Waals surface area contributed by atoms with Crippen LogP contribution in [0.25, 0.3) is 0 Å². The number of hydrogen-bond donors (Lipinski definition) is 1. The molecule has 1 rings (SSSR count). The maximum atomic E-state index is 9.82. The largest absolute Gasteiger partial charge is 0.392 e. The van der Waals surface area contributed by atoms with Gasteiger partial charge in [-0.15, -0.1) is 0 Å². The van der Waals surface area contributed by atoms with E-state index in [-0.39, 0.29) is 17.6 Å². The normalized spacial score (nSPS) is 34.4. The van der Waals surface area contributed by atoms with Crippen molar-refractivity contribution in [1.29, 1.82) is 0 Å². The SMILES string of the molecule is CCCCC(CC)COC1CC(O)C1(C)CC. The van der Waals surface area contributed by atoms with Gasteiger partial charge < -0.3 is 9.84 Å². The van der Waals surface area contributed by atoms with Crippen molar-refractivity contribution >= 4 is 0 Å². The number of aliphatic hydroxyl groups is 1. The van der Waals surface area contributed by atoms with Crippen LogP contribution in [0.5, 0.6) is 0 Å². The van der Waals surface area contributed by atoms with E-state index >= 15 is 0 Å². The van der Waals surface area contributed by atoms with Crippen molar-refractivity contribution in [3.63, 3.8) is 0 Å². The molecule has 1 aliphatic carbocycles. The summed E-state index contributed by atoms with van der Waals surface area (Å²) in [6.07, 6.45) is 7.01. The molecular formula is C15H30O2. The number of ether oxygens (including phenoxy) is 1. The van der Waals surface area contributed by atoms with Crippen LogP contribution in [0.15, 0.2) is 0 Å². The predicted octanol–water partition coefficient (Wildman–Crippen LogP) is 3.77. The maximum Gasteiger partial charge on any atom is 0.0678 e. The summed E-state index contributed by atoms with van der Waals surface area (Å²) in [4.78, 5) is 0. The molecule has 0 radical (unpaired) electrons. The van der Waals surface area contributed by atoms with E-state index < -0.39 is 0 Å². The minimum absolute atomic E-state index is 0.00302. The van der Waals surface area contributed by atoms with E-state index in [0.29, 0.717) is 5.92 Å². The van der Waals surface area contributed by atoms with E-state index in [2.05, 4.69) is 27.7 Å². The van der Waals surface area contributed by atoms with Gasteiger partial charge in [0.15, 0.2) is 0 Å². The maximum absolute atomic E-state index is 9.82. The van der Waals surface area contributed by atoms with Gasteiger partial charge in [0, 0.05) is 18.4 Å². The lowest BCUT2D eigenvalue weighted by molar-refractivity contribution is -0.190. The van der Waals surface area contributed by atoms with Crippen LogP contribution in [0.2, 0.25) is 0 Å². The zero-order valence-electron chi connectivity index (χ0n) is 12.0. The smallest absolute Gasteiger partial charge is 0.0678 e.